The summed E-state index contributed by atoms with van der Waals surface area (Å²) in [6, 6.07) is 1.75. The predicted molar refractivity (Wildman–Crippen MR) is 92.2 cm³/mol. The summed E-state index contributed by atoms with van der Waals surface area (Å²) in [6.45, 7) is 7.89. The number of methoxy groups -OCH3 is 1. The summed E-state index contributed by atoms with van der Waals surface area (Å²) in [5.74, 6) is 1.63. The van der Waals surface area contributed by atoms with Gasteiger partial charge >= 0.3 is 0 Å². The van der Waals surface area contributed by atoms with E-state index >= 15 is 0 Å². The monoisotopic (exact) mass is 303 g/mol. The van der Waals surface area contributed by atoms with Crippen LogP contribution in [0.3, 0.4) is 0 Å². The van der Waals surface area contributed by atoms with Crippen molar-refractivity contribution in [1.82, 2.24) is 9.88 Å². The van der Waals surface area contributed by atoms with Crippen molar-refractivity contribution in [1.29, 1.82) is 0 Å². The van der Waals surface area contributed by atoms with E-state index in [0.717, 1.165) is 19.4 Å². The van der Waals surface area contributed by atoms with Crippen molar-refractivity contribution in [3.63, 3.8) is 0 Å². The summed E-state index contributed by atoms with van der Waals surface area (Å²) in [6.07, 6.45) is 3.81. The van der Waals surface area contributed by atoms with E-state index in [1.54, 1.807) is 19.5 Å². The Morgan fingerprint density at radius 3 is 2.77 bits per heavy atom. The number of hydrogen-bond acceptors (Lipinski definition) is 4. The Morgan fingerprint density at radius 1 is 1.45 bits per heavy atom. The zero-order valence-corrected chi connectivity index (χ0v) is 14.3. The average Bonchev–Trinajstić information content (AvgIpc) is 2.49. The lowest BCUT2D eigenvalue weighted by molar-refractivity contribution is 0.270. The molecule has 120 valence electrons. The third-order valence-corrected chi connectivity index (χ3v) is 3.24. The van der Waals surface area contributed by atoms with Crippen LogP contribution in [-0.4, -0.2) is 51.4 Å². The van der Waals surface area contributed by atoms with E-state index in [1.807, 2.05) is 18.9 Å². The minimum atomic E-state index is 0.334. The van der Waals surface area contributed by atoms with Crippen LogP contribution in [0.15, 0.2) is 11.1 Å². The largest absolute Gasteiger partial charge is 0.491 e. The van der Waals surface area contributed by atoms with Crippen LogP contribution < -0.4 is 15.1 Å². The minimum Gasteiger partial charge on any atom is -0.491 e. The first kappa shape index (κ1) is 18.3. The molecule has 0 aliphatic rings. The second-order valence-electron chi connectivity index (χ2n) is 5.60. The van der Waals surface area contributed by atoms with Gasteiger partial charge in [0.2, 0.25) is 0 Å². The van der Waals surface area contributed by atoms with Gasteiger partial charge in [-0.3, -0.25) is 0 Å². The molecule has 0 bridgehead atoms. The lowest BCUT2D eigenvalue weighted by atomic mass is 10.0. The van der Waals surface area contributed by atoms with Gasteiger partial charge in [0.25, 0.3) is 5.88 Å². The van der Waals surface area contributed by atoms with Gasteiger partial charge in [-0.15, -0.1) is 0 Å². The van der Waals surface area contributed by atoms with Crippen LogP contribution >= 0.6 is 0 Å². The van der Waals surface area contributed by atoms with Crippen LogP contribution in [0.4, 0.5) is 5.69 Å². The molecule has 1 aromatic rings. The quantitative estimate of drug-likeness (QED) is 0.304. The van der Waals surface area contributed by atoms with Gasteiger partial charge in [-0.05, 0) is 25.7 Å². The second-order valence-corrected chi connectivity index (χ2v) is 5.60. The number of rotatable bonds is 9. The molecule has 0 aliphatic carbocycles. The zero-order chi connectivity index (χ0) is 16.5. The van der Waals surface area contributed by atoms with Crippen LogP contribution in [0.1, 0.15) is 33.6 Å². The Kier molecular flexibility index (Phi) is 7.78. The van der Waals surface area contributed by atoms with E-state index in [0.29, 0.717) is 35.4 Å². The summed E-state index contributed by atoms with van der Waals surface area (Å²) in [7, 11) is 9.47. The van der Waals surface area contributed by atoms with Crippen molar-refractivity contribution >= 4 is 25.5 Å². The van der Waals surface area contributed by atoms with Gasteiger partial charge in [0.05, 0.1) is 25.7 Å². The maximum Gasteiger partial charge on any atom is 0.256 e. The SMILES string of the molecule is [B]c1nc(OCCCC(C)C)c(OC)cc1N=CN(C)CC. The highest BCUT2D eigenvalue weighted by Crippen LogP contribution is 2.27. The molecule has 0 unspecified atom stereocenters. The molecule has 5 nitrogen and oxygen atoms in total. The zero-order valence-electron chi connectivity index (χ0n) is 14.3. The molecule has 0 N–H and O–H groups in total. The molecule has 0 saturated carbocycles. The molecular formula is C16H26BN3O2. The number of hydrogen-bond donors (Lipinski definition) is 0. The van der Waals surface area contributed by atoms with E-state index in [1.165, 1.54) is 0 Å². The van der Waals surface area contributed by atoms with E-state index in [-0.39, 0.29) is 0 Å². The van der Waals surface area contributed by atoms with Gasteiger partial charge in [0.1, 0.15) is 7.85 Å². The lowest BCUT2D eigenvalue weighted by Crippen LogP contribution is -2.16. The minimum absolute atomic E-state index is 0.334. The van der Waals surface area contributed by atoms with Crippen LogP contribution in [-0.2, 0) is 0 Å². The highest BCUT2D eigenvalue weighted by Gasteiger charge is 2.10. The summed E-state index contributed by atoms with van der Waals surface area (Å²) >= 11 is 0. The first-order valence-electron chi connectivity index (χ1n) is 7.69. The van der Waals surface area contributed by atoms with Crippen molar-refractivity contribution in [2.75, 3.05) is 27.3 Å². The Balaban J connectivity index is 2.79. The molecule has 0 amide bonds. The van der Waals surface area contributed by atoms with E-state index in [4.69, 9.17) is 17.3 Å². The van der Waals surface area contributed by atoms with Gasteiger partial charge in [0, 0.05) is 25.3 Å². The van der Waals surface area contributed by atoms with Gasteiger partial charge in [-0.1, -0.05) is 13.8 Å². The molecule has 0 spiro atoms. The van der Waals surface area contributed by atoms with Gasteiger partial charge in [-0.25, -0.2) is 9.98 Å². The number of aromatic nitrogens is 1. The topological polar surface area (TPSA) is 47.0 Å². The molecule has 0 aliphatic heterocycles. The van der Waals surface area contributed by atoms with Gasteiger partial charge < -0.3 is 14.4 Å². The molecule has 2 radical (unpaired) electrons. The standard InChI is InChI=1S/C16H26BN3O2/c1-6-20(4)11-18-13-10-14(21-5)16(19-15(13)17)22-9-7-8-12(2)3/h10-12H,6-9H2,1-5H3. The summed E-state index contributed by atoms with van der Waals surface area (Å²) in [4.78, 5) is 10.5. The smallest absolute Gasteiger partial charge is 0.256 e. The molecular weight excluding hydrogens is 277 g/mol. The number of ether oxygens (including phenoxy) is 2. The fraction of sp³-hybridized carbons (Fsp3) is 0.625. The maximum absolute atomic E-state index is 5.95. The lowest BCUT2D eigenvalue weighted by Gasteiger charge is -2.13. The first-order valence-corrected chi connectivity index (χ1v) is 7.69. The average molecular weight is 303 g/mol. The van der Waals surface area contributed by atoms with Crippen molar-refractivity contribution in [2.24, 2.45) is 10.9 Å². The fourth-order valence-corrected chi connectivity index (χ4v) is 1.74. The summed E-state index contributed by atoms with van der Waals surface area (Å²) in [5.41, 5.74) is 0.909. The van der Waals surface area contributed by atoms with Crippen LogP contribution in [0.2, 0.25) is 0 Å². The summed E-state index contributed by atoms with van der Waals surface area (Å²) in [5, 5.41) is 0. The molecule has 6 heteroatoms. The molecule has 0 atom stereocenters. The highest BCUT2D eigenvalue weighted by molar-refractivity contribution is 6.34. The molecule has 0 aromatic carbocycles. The maximum atomic E-state index is 5.95. The molecule has 1 aromatic heterocycles. The van der Waals surface area contributed by atoms with Crippen LogP contribution in [0, 0.1) is 5.92 Å². The number of aliphatic imine (C=N–C) groups is 1. The Morgan fingerprint density at radius 2 is 2.18 bits per heavy atom. The van der Waals surface area contributed by atoms with Crippen molar-refractivity contribution in [3.8, 4) is 11.6 Å². The second kappa shape index (κ2) is 9.33. The molecule has 0 saturated heterocycles. The highest BCUT2D eigenvalue weighted by atomic mass is 16.5. The van der Waals surface area contributed by atoms with E-state index < -0.39 is 0 Å². The molecule has 22 heavy (non-hydrogen) atoms. The molecule has 0 fully saturated rings. The van der Waals surface area contributed by atoms with Crippen LogP contribution in [0.25, 0.3) is 0 Å². The Labute approximate surface area is 135 Å². The summed E-state index contributed by atoms with van der Waals surface area (Å²) < 4.78 is 11.0. The van der Waals surface area contributed by atoms with E-state index in [9.17, 15) is 0 Å². The Hall–Kier alpha value is -1.72. The third-order valence-electron chi connectivity index (χ3n) is 3.24. The van der Waals surface area contributed by atoms with E-state index in [2.05, 4.69) is 23.8 Å². The van der Waals surface area contributed by atoms with Crippen molar-refractivity contribution < 1.29 is 9.47 Å². The van der Waals surface area contributed by atoms with Gasteiger partial charge in [-0.2, -0.15) is 0 Å². The van der Waals surface area contributed by atoms with Gasteiger partial charge in [0.15, 0.2) is 5.75 Å². The molecule has 1 rings (SSSR count). The Bertz CT molecular complexity index is 493. The van der Waals surface area contributed by atoms with Crippen LogP contribution in [0.5, 0.6) is 11.6 Å². The fourth-order valence-electron chi connectivity index (χ4n) is 1.74. The van der Waals surface area contributed by atoms with Crippen molar-refractivity contribution in [3.05, 3.63) is 6.07 Å². The van der Waals surface area contributed by atoms with Crippen molar-refractivity contribution in [2.45, 2.75) is 33.6 Å². The molecule has 1 heterocycles. The third kappa shape index (κ3) is 5.96. The predicted octanol–water partition coefficient (Wildman–Crippen LogP) is 2.31. The number of pyridine rings is 1. The first-order chi connectivity index (χ1) is 10.5. The normalized spacial score (nSPS) is 11.2. The number of nitrogens with zero attached hydrogens (tertiary/aromatic N) is 3.